The fourth-order valence-electron chi connectivity index (χ4n) is 7.98. The second-order valence-electron chi connectivity index (χ2n) is 14.1. The van der Waals surface area contributed by atoms with Crippen molar-refractivity contribution in [1.82, 2.24) is 9.97 Å². The summed E-state index contributed by atoms with van der Waals surface area (Å²) in [5.41, 5.74) is 15.7. The van der Waals surface area contributed by atoms with Crippen molar-refractivity contribution in [1.29, 1.82) is 0 Å². The summed E-state index contributed by atoms with van der Waals surface area (Å²) in [4.78, 5) is 10.5. The molecule has 262 valence electrons. The molecule has 0 saturated carbocycles. The van der Waals surface area contributed by atoms with E-state index >= 15 is 0 Å². The van der Waals surface area contributed by atoms with Gasteiger partial charge in [0.1, 0.15) is 28.0 Å². The van der Waals surface area contributed by atoms with Crippen LogP contribution in [0.15, 0.2) is 203 Å². The number of nitrogens with zero attached hydrogens (tertiary/aromatic N) is 2. The van der Waals surface area contributed by atoms with Crippen LogP contribution < -0.4 is 0 Å². The molecule has 0 unspecified atom stereocenters. The van der Waals surface area contributed by atoms with Gasteiger partial charge in [0.15, 0.2) is 11.4 Å². The zero-order chi connectivity index (χ0) is 37.0. The van der Waals surface area contributed by atoms with Gasteiger partial charge in [0.25, 0.3) is 0 Å². The first-order valence-electron chi connectivity index (χ1n) is 18.8. The minimum Gasteiger partial charge on any atom is -0.456 e. The SMILES string of the molecule is c1ccc(-c2cc(-c3ccccc3)cc(-c3cccc(-c4cccc(-c5nc(-c6cccc7oc8ccccc8c67)nc6c5oc5ccccc56)c4)c3)c2)cc1. The Morgan fingerprint density at radius 1 is 0.321 bits per heavy atom. The Morgan fingerprint density at radius 2 is 0.786 bits per heavy atom. The van der Waals surface area contributed by atoms with Crippen LogP contribution in [0.2, 0.25) is 0 Å². The molecule has 11 rings (SSSR count). The zero-order valence-corrected chi connectivity index (χ0v) is 30.2. The smallest absolute Gasteiger partial charge is 0.180 e. The van der Waals surface area contributed by atoms with Crippen molar-refractivity contribution >= 4 is 44.0 Å². The number of hydrogen-bond acceptors (Lipinski definition) is 4. The predicted octanol–water partition coefficient (Wildman–Crippen LogP) is 14.3. The molecule has 4 heteroatoms. The molecule has 56 heavy (non-hydrogen) atoms. The molecular weight excluding hydrogens is 685 g/mol. The zero-order valence-electron chi connectivity index (χ0n) is 30.2. The van der Waals surface area contributed by atoms with Crippen molar-refractivity contribution < 1.29 is 8.83 Å². The highest BCUT2D eigenvalue weighted by atomic mass is 16.3. The Morgan fingerprint density at radius 3 is 1.46 bits per heavy atom. The first-order valence-corrected chi connectivity index (χ1v) is 18.8. The molecule has 3 heterocycles. The molecule has 0 aliphatic carbocycles. The molecule has 8 aromatic carbocycles. The Kier molecular flexibility index (Phi) is 7.46. The van der Waals surface area contributed by atoms with Gasteiger partial charge in [-0.15, -0.1) is 0 Å². The van der Waals surface area contributed by atoms with Crippen molar-refractivity contribution in [3.63, 3.8) is 0 Å². The minimum absolute atomic E-state index is 0.621. The average Bonchev–Trinajstić information content (AvgIpc) is 3.85. The number of fused-ring (bicyclic) bond motifs is 6. The lowest BCUT2D eigenvalue weighted by Crippen LogP contribution is -1.94. The number of para-hydroxylation sites is 2. The van der Waals surface area contributed by atoms with Crippen LogP contribution in [-0.2, 0) is 0 Å². The number of aromatic nitrogens is 2. The van der Waals surface area contributed by atoms with E-state index in [1.165, 1.54) is 22.3 Å². The van der Waals surface area contributed by atoms with Crippen molar-refractivity contribution in [3.8, 4) is 67.2 Å². The van der Waals surface area contributed by atoms with Gasteiger partial charge in [-0.05, 0) is 99.1 Å². The number of benzene rings is 8. The summed E-state index contributed by atoms with van der Waals surface area (Å²) in [5, 5.41) is 2.99. The first-order chi connectivity index (χ1) is 27.7. The van der Waals surface area contributed by atoms with Crippen LogP contribution in [0.25, 0.3) is 111 Å². The number of rotatable bonds is 6. The van der Waals surface area contributed by atoms with Crippen molar-refractivity contribution in [3.05, 3.63) is 194 Å². The summed E-state index contributed by atoms with van der Waals surface area (Å²) >= 11 is 0. The maximum Gasteiger partial charge on any atom is 0.180 e. The Bertz CT molecular complexity index is 3190. The largest absolute Gasteiger partial charge is 0.456 e. The number of furan rings is 2. The summed E-state index contributed by atoms with van der Waals surface area (Å²) in [6, 6.07) is 67.7. The van der Waals surface area contributed by atoms with E-state index in [4.69, 9.17) is 18.8 Å². The molecule has 0 saturated heterocycles. The van der Waals surface area contributed by atoms with Gasteiger partial charge >= 0.3 is 0 Å². The van der Waals surface area contributed by atoms with E-state index < -0.39 is 0 Å². The highest BCUT2D eigenvalue weighted by Gasteiger charge is 2.21. The molecule has 0 amide bonds. The van der Waals surface area contributed by atoms with E-state index in [0.29, 0.717) is 11.4 Å². The van der Waals surface area contributed by atoms with Crippen molar-refractivity contribution in [2.75, 3.05) is 0 Å². The summed E-state index contributed by atoms with van der Waals surface area (Å²) < 4.78 is 12.8. The lowest BCUT2D eigenvalue weighted by Gasteiger charge is -2.13. The van der Waals surface area contributed by atoms with Crippen LogP contribution in [0.5, 0.6) is 0 Å². The molecule has 0 spiro atoms. The summed E-state index contributed by atoms with van der Waals surface area (Å²) in [6.45, 7) is 0. The molecule has 11 aromatic rings. The van der Waals surface area contributed by atoms with Crippen LogP contribution >= 0.6 is 0 Å². The normalized spacial score (nSPS) is 11.6. The van der Waals surface area contributed by atoms with E-state index in [-0.39, 0.29) is 0 Å². The van der Waals surface area contributed by atoms with Crippen molar-refractivity contribution in [2.24, 2.45) is 0 Å². The van der Waals surface area contributed by atoms with Crippen LogP contribution in [0.3, 0.4) is 0 Å². The Labute approximate surface area is 323 Å². The van der Waals surface area contributed by atoms with Crippen LogP contribution in [0.4, 0.5) is 0 Å². The lowest BCUT2D eigenvalue weighted by atomic mass is 9.92. The van der Waals surface area contributed by atoms with Gasteiger partial charge in [-0.1, -0.05) is 140 Å². The quantitative estimate of drug-likeness (QED) is 0.172. The molecule has 4 nitrogen and oxygen atoms in total. The fraction of sp³-hybridized carbons (Fsp3) is 0. The molecule has 0 bridgehead atoms. The Balaban J connectivity index is 1.06. The maximum atomic E-state index is 6.55. The molecule has 0 fully saturated rings. The first kappa shape index (κ1) is 31.9. The highest BCUT2D eigenvalue weighted by molar-refractivity contribution is 6.13. The van der Waals surface area contributed by atoms with Gasteiger partial charge in [-0.2, -0.15) is 0 Å². The Hall–Kier alpha value is -7.56. The van der Waals surface area contributed by atoms with Gasteiger partial charge in [-0.25, -0.2) is 9.97 Å². The molecule has 0 aliphatic rings. The van der Waals surface area contributed by atoms with E-state index in [1.54, 1.807) is 0 Å². The van der Waals surface area contributed by atoms with Crippen LogP contribution in [0.1, 0.15) is 0 Å². The molecular formula is C52H32N2O2. The van der Waals surface area contributed by atoms with Gasteiger partial charge in [-0.3, -0.25) is 0 Å². The second-order valence-corrected chi connectivity index (χ2v) is 14.1. The van der Waals surface area contributed by atoms with E-state index in [2.05, 4.69) is 146 Å². The molecule has 3 aromatic heterocycles. The fourth-order valence-corrected chi connectivity index (χ4v) is 7.98. The summed E-state index contributed by atoms with van der Waals surface area (Å²) in [6.07, 6.45) is 0. The van der Waals surface area contributed by atoms with Crippen LogP contribution in [-0.4, -0.2) is 9.97 Å². The third kappa shape index (κ3) is 5.47. The maximum absolute atomic E-state index is 6.55. The highest BCUT2D eigenvalue weighted by Crippen LogP contribution is 2.41. The summed E-state index contributed by atoms with van der Waals surface area (Å²) in [5.74, 6) is 0.621. The molecule has 0 radical (unpaired) electrons. The third-order valence-corrected chi connectivity index (χ3v) is 10.7. The summed E-state index contributed by atoms with van der Waals surface area (Å²) in [7, 11) is 0. The standard InChI is InChI=1S/C52H32N2O2/c1-3-14-33(15-4-1)39-30-40(34-16-5-2-6-17-34)32-41(31-39)37-20-11-18-35(28-37)36-19-12-21-38(29-36)49-51-50(43-23-8-10-26-46(43)56-51)54-52(53-49)44-24-13-27-47-48(44)42-22-7-9-25-45(42)55-47/h1-32H. The molecule has 0 aliphatic heterocycles. The van der Waals surface area contributed by atoms with Gasteiger partial charge in [0, 0.05) is 27.3 Å². The van der Waals surface area contributed by atoms with Gasteiger partial charge in [0.05, 0.1) is 0 Å². The third-order valence-electron chi connectivity index (χ3n) is 10.7. The topological polar surface area (TPSA) is 52.1 Å². The average molecular weight is 717 g/mol. The monoisotopic (exact) mass is 716 g/mol. The van der Waals surface area contributed by atoms with E-state index in [1.807, 2.05) is 48.5 Å². The van der Waals surface area contributed by atoms with Crippen molar-refractivity contribution in [2.45, 2.75) is 0 Å². The lowest BCUT2D eigenvalue weighted by molar-refractivity contribution is 0.667. The second kappa shape index (κ2) is 13.1. The number of hydrogen-bond donors (Lipinski definition) is 0. The van der Waals surface area contributed by atoms with E-state index in [9.17, 15) is 0 Å². The predicted molar refractivity (Wildman–Crippen MR) is 229 cm³/mol. The van der Waals surface area contributed by atoms with Gasteiger partial charge < -0.3 is 8.83 Å². The minimum atomic E-state index is 0.621. The van der Waals surface area contributed by atoms with Crippen LogP contribution in [0, 0.1) is 0 Å². The van der Waals surface area contributed by atoms with E-state index in [0.717, 1.165) is 77.5 Å². The molecule has 0 N–H and O–H groups in total. The molecule has 0 atom stereocenters. The van der Waals surface area contributed by atoms with Gasteiger partial charge in [0.2, 0.25) is 0 Å².